The number of nitrogen functional groups attached to an aromatic ring is 1. The minimum absolute atomic E-state index is 0.0424. The summed E-state index contributed by atoms with van der Waals surface area (Å²) in [5.41, 5.74) is 7.94. The second kappa shape index (κ2) is 5.40. The molecule has 1 aliphatic heterocycles. The Morgan fingerprint density at radius 2 is 2.00 bits per heavy atom. The number of nitrogens with zero attached hydrogens (tertiary/aromatic N) is 3. The van der Waals surface area contributed by atoms with Crippen molar-refractivity contribution in [1.82, 2.24) is 4.98 Å². The summed E-state index contributed by atoms with van der Waals surface area (Å²) in [6.45, 7) is 0.835. The lowest BCUT2D eigenvalue weighted by molar-refractivity contribution is -0.384. The number of hydrogen-bond acceptors (Lipinski definition) is 5. The fraction of sp³-hybridized carbons (Fsp3) is 0.267. The molecule has 2 aromatic rings. The minimum atomic E-state index is -0.511. The monoisotopic (exact) mass is 284 g/mol. The minimum Gasteiger partial charge on any atom is -0.378 e. The zero-order valence-corrected chi connectivity index (χ0v) is 11.5. The Morgan fingerprint density at radius 1 is 1.19 bits per heavy atom. The van der Waals surface area contributed by atoms with Gasteiger partial charge < -0.3 is 10.6 Å². The van der Waals surface area contributed by atoms with Gasteiger partial charge in [0.1, 0.15) is 5.82 Å². The maximum absolute atomic E-state index is 10.8. The first-order valence-corrected chi connectivity index (χ1v) is 6.93. The summed E-state index contributed by atoms with van der Waals surface area (Å²) in [6.07, 6.45) is 3.21. The van der Waals surface area contributed by atoms with Crippen LogP contribution in [0, 0.1) is 10.1 Å². The zero-order chi connectivity index (χ0) is 14.8. The van der Waals surface area contributed by atoms with Gasteiger partial charge in [-0.25, -0.2) is 4.98 Å². The van der Waals surface area contributed by atoms with Crippen molar-refractivity contribution in [2.45, 2.75) is 19.3 Å². The molecule has 0 radical (unpaired) electrons. The Hall–Kier alpha value is -2.63. The Kier molecular flexibility index (Phi) is 3.43. The first-order chi connectivity index (χ1) is 10.2. The van der Waals surface area contributed by atoms with Gasteiger partial charge >= 0.3 is 5.69 Å². The van der Waals surface area contributed by atoms with Gasteiger partial charge in [-0.3, -0.25) is 10.1 Å². The van der Waals surface area contributed by atoms with E-state index in [0.29, 0.717) is 5.82 Å². The predicted molar refractivity (Wildman–Crippen MR) is 81.7 cm³/mol. The number of para-hydroxylation sites is 1. The highest BCUT2D eigenvalue weighted by atomic mass is 16.6. The molecule has 0 atom stereocenters. The molecule has 0 spiro atoms. The molecule has 1 aliphatic rings. The number of benzene rings is 1. The van der Waals surface area contributed by atoms with E-state index >= 15 is 0 Å². The van der Waals surface area contributed by atoms with Gasteiger partial charge in [0.25, 0.3) is 0 Å². The number of pyridine rings is 1. The lowest BCUT2D eigenvalue weighted by atomic mass is 10.1. The molecule has 6 heteroatoms. The van der Waals surface area contributed by atoms with E-state index in [2.05, 4.69) is 22.0 Å². The maximum atomic E-state index is 10.8. The van der Waals surface area contributed by atoms with Crippen molar-refractivity contribution in [3.63, 3.8) is 0 Å². The highest BCUT2D eigenvalue weighted by Crippen LogP contribution is 2.33. The molecule has 0 amide bonds. The topological polar surface area (TPSA) is 85.3 Å². The quantitative estimate of drug-likeness (QED) is 0.676. The second-order valence-corrected chi connectivity index (χ2v) is 5.07. The first kappa shape index (κ1) is 13.4. The van der Waals surface area contributed by atoms with Crippen LogP contribution in [0.25, 0.3) is 0 Å². The summed E-state index contributed by atoms with van der Waals surface area (Å²) in [5, 5.41) is 10.8. The third-order valence-electron chi connectivity index (χ3n) is 3.72. The summed E-state index contributed by atoms with van der Waals surface area (Å²) in [5.74, 6) is 0.617. The Labute approximate surface area is 122 Å². The lowest BCUT2D eigenvalue weighted by Gasteiger charge is -2.24. The van der Waals surface area contributed by atoms with E-state index in [1.165, 1.54) is 11.6 Å². The van der Waals surface area contributed by atoms with E-state index in [1.54, 1.807) is 6.07 Å². The smallest absolute Gasteiger partial charge is 0.311 e. The Bertz CT molecular complexity index is 687. The van der Waals surface area contributed by atoms with E-state index in [0.717, 1.165) is 31.5 Å². The molecule has 108 valence electrons. The number of nitro groups is 1. The largest absolute Gasteiger partial charge is 0.378 e. The standard InChI is InChI=1S/C15H16N4O2/c16-15-13(19(20)21)8-9-14(17-15)18-10-4-3-6-11-5-1-2-7-12(11)18/h1-2,5,7-9H,3-4,6,10H2,(H2,16,17). The molecular formula is C15H16N4O2. The third-order valence-corrected chi connectivity index (χ3v) is 3.72. The Balaban J connectivity index is 2.04. The summed E-state index contributed by atoms with van der Waals surface area (Å²) in [6, 6.07) is 11.3. The van der Waals surface area contributed by atoms with Gasteiger partial charge in [-0.15, -0.1) is 0 Å². The molecule has 6 nitrogen and oxygen atoms in total. The van der Waals surface area contributed by atoms with Crippen molar-refractivity contribution in [1.29, 1.82) is 0 Å². The van der Waals surface area contributed by atoms with Crippen LogP contribution in [0.3, 0.4) is 0 Å². The van der Waals surface area contributed by atoms with Crippen LogP contribution in [-0.2, 0) is 6.42 Å². The normalized spacial score (nSPS) is 14.4. The molecule has 1 aromatic carbocycles. The summed E-state index contributed by atoms with van der Waals surface area (Å²) < 4.78 is 0. The number of fused-ring (bicyclic) bond motifs is 1. The van der Waals surface area contributed by atoms with Crippen LogP contribution in [0.2, 0.25) is 0 Å². The molecule has 0 fully saturated rings. The van der Waals surface area contributed by atoms with Crippen LogP contribution in [0.5, 0.6) is 0 Å². The van der Waals surface area contributed by atoms with Crippen LogP contribution in [0.1, 0.15) is 18.4 Å². The molecule has 0 bridgehead atoms. The van der Waals surface area contributed by atoms with Crippen LogP contribution in [-0.4, -0.2) is 16.5 Å². The molecule has 3 rings (SSSR count). The van der Waals surface area contributed by atoms with Gasteiger partial charge in [-0.05, 0) is 37.0 Å². The van der Waals surface area contributed by atoms with E-state index in [4.69, 9.17) is 5.73 Å². The van der Waals surface area contributed by atoms with Gasteiger partial charge in [0, 0.05) is 18.3 Å². The molecule has 0 unspecified atom stereocenters. The van der Waals surface area contributed by atoms with Crippen LogP contribution in [0.4, 0.5) is 23.0 Å². The highest BCUT2D eigenvalue weighted by Gasteiger charge is 2.20. The molecule has 21 heavy (non-hydrogen) atoms. The molecule has 1 aromatic heterocycles. The van der Waals surface area contributed by atoms with Crippen molar-refractivity contribution in [3.05, 3.63) is 52.1 Å². The number of hydrogen-bond donors (Lipinski definition) is 1. The van der Waals surface area contributed by atoms with E-state index in [-0.39, 0.29) is 11.5 Å². The average molecular weight is 284 g/mol. The van der Waals surface area contributed by atoms with Crippen molar-refractivity contribution >= 4 is 23.0 Å². The third kappa shape index (κ3) is 2.52. The lowest BCUT2D eigenvalue weighted by Crippen LogP contribution is -2.19. The van der Waals surface area contributed by atoms with Crippen molar-refractivity contribution in [3.8, 4) is 0 Å². The molecule has 0 aliphatic carbocycles. The average Bonchev–Trinajstić information content (AvgIpc) is 2.69. The number of aromatic nitrogens is 1. The van der Waals surface area contributed by atoms with E-state index < -0.39 is 4.92 Å². The molecule has 2 heterocycles. The number of aryl methyl sites for hydroxylation is 1. The van der Waals surface area contributed by atoms with Gasteiger partial charge in [0.2, 0.25) is 5.82 Å². The molecule has 0 saturated heterocycles. The number of anilines is 3. The maximum Gasteiger partial charge on any atom is 0.311 e. The van der Waals surface area contributed by atoms with Gasteiger partial charge in [-0.2, -0.15) is 0 Å². The number of nitrogens with two attached hydrogens (primary N) is 1. The number of rotatable bonds is 2. The SMILES string of the molecule is Nc1nc(N2CCCCc3ccccc32)ccc1[N+](=O)[O-]. The second-order valence-electron chi connectivity index (χ2n) is 5.07. The fourth-order valence-electron chi connectivity index (χ4n) is 2.69. The summed E-state index contributed by atoms with van der Waals surface area (Å²) >= 11 is 0. The van der Waals surface area contributed by atoms with Gasteiger partial charge in [0.15, 0.2) is 0 Å². The molecule has 0 saturated carbocycles. The van der Waals surface area contributed by atoms with Crippen molar-refractivity contribution < 1.29 is 4.92 Å². The zero-order valence-electron chi connectivity index (χ0n) is 11.5. The van der Waals surface area contributed by atoms with Crippen LogP contribution < -0.4 is 10.6 Å². The van der Waals surface area contributed by atoms with Crippen molar-refractivity contribution in [2.24, 2.45) is 0 Å². The van der Waals surface area contributed by atoms with Crippen molar-refractivity contribution in [2.75, 3.05) is 17.2 Å². The van der Waals surface area contributed by atoms with Gasteiger partial charge in [-0.1, -0.05) is 18.2 Å². The van der Waals surface area contributed by atoms with Gasteiger partial charge in [0.05, 0.1) is 4.92 Å². The predicted octanol–water partition coefficient (Wildman–Crippen LogP) is 3.05. The van der Waals surface area contributed by atoms with Crippen LogP contribution >= 0.6 is 0 Å². The Morgan fingerprint density at radius 3 is 2.76 bits per heavy atom. The highest BCUT2D eigenvalue weighted by molar-refractivity contribution is 5.67. The van der Waals surface area contributed by atoms with E-state index in [9.17, 15) is 10.1 Å². The molecule has 2 N–H and O–H groups in total. The molecular weight excluding hydrogens is 268 g/mol. The summed E-state index contributed by atoms with van der Waals surface area (Å²) in [4.78, 5) is 16.6. The van der Waals surface area contributed by atoms with E-state index in [1.807, 2.05) is 12.1 Å². The van der Waals surface area contributed by atoms with Crippen LogP contribution in [0.15, 0.2) is 36.4 Å². The summed E-state index contributed by atoms with van der Waals surface area (Å²) in [7, 11) is 0. The first-order valence-electron chi connectivity index (χ1n) is 6.93. The fourth-order valence-corrected chi connectivity index (χ4v) is 2.69.